The molecule has 0 N–H and O–H groups in total. The zero-order valence-electron chi connectivity index (χ0n) is 16.1. The van der Waals surface area contributed by atoms with Crippen LogP contribution in [0.1, 0.15) is 36.0 Å². The number of aromatic nitrogens is 2. The Morgan fingerprint density at radius 1 is 1.07 bits per heavy atom. The fraction of sp³-hybridized carbons (Fsp3) is 0.273. The predicted molar refractivity (Wildman–Crippen MR) is 112 cm³/mol. The summed E-state index contributed by atoms with van der Waals surface area (Å²) in [5.74, 6) is 0. The summed E-state index contributed by atoms with van der Waals surface area (Å²) in [6.45, 7) is 3.00. The minimum atomic E-state index is -4.38. The summed E-state index contributed by atoms with van der Waals surface area (Å²) in [7, 11) is 0. The SMILES string of the molecule is C[C@H]1CN2C(=N[C@H](c3ccccn3)[C@@H]2c2cccn2-c2cccc(C(F)(F)F)c2)S1. The number of aliphatic imine (C=N–C) groups is 1. The second-order valence-corrected chi connectivity index (χ2v) is 8.89. The zero-order valence-corrected chi connectivity index (χ0v) is 16.9. The molecule has 1 fully saturated rings. The maximum absolute atomic E-state index is 13.3. The minimum absolute atomic E-state index is 0.128. The van der Waals surface area contributed by atoms with E-state index in [1.807, 2.05) is 41.1 Å². The first kappa shape index (κ1) is 19.2. The second-order valence-electron chi connectivity index (χ2n) is 7.49. The number of halogens is 3. The van der Waals surface area contributed by atoms with Crippen LogP contribution >= 0.6 is 11.8 Å². The van der Waals surface area contributed by atoms with Gasteiger partial charge in [0, 0.05) is 35.6 Å². The van der Waals surface area contributed by atoms with E-state index in [1.54, 1.807) is 24.0 Å². The molecule has 0 amide bonds. The molecule has 154 valence electrons. The van der Waals surface area contributed by atoms with Gasteiger partial charge in [0.2, 0.25) is 0 Å². The molecule has 0 aliphatic carbocycles. The number of hydrogen-bond donors (Lipinski definition) is 0. The van der Waals surface area contributed by atoms with Crippen LogP contribution in [0.25, 0.3) is 5.69 Å². The summed E-state index contributed by atoms with van der Waals surface area (Å²) in [6.07, 6.45) is -0.826. The lowest BCUT2D eigenvalue weighted by Gasteiger charge is -2.28. The molecular formula is C22H19F3N4S. The number of nitrogens with zero attached hydrogens (tertiary/aromatic N) is 4. The van der Waals surface area contributed by atoms with Crippen LogP contribution < -0.4 is 0 Å². The van der Waals surface area contributed by atoms with Crippen molar-refractivity contribution >= 4 is 16.9 Å². The van der Waals surface area contributed by atoms with Crippen molar-refractivity contribution < 1.29 is 13.2 Å². The molecule has 0 saturated carbocycles. The van der Waals surface area contributed by atoms with Gasteiger partial charge < -0.3 is 9.47 Å². The van der Waals surface area contributed by atoms with Gasteiger partial charge in [-0.3, -0.25) is 9.98 Å². The Morgan fingerprint density at radius 3 is 2.70 bits per heavy atom. The highest BCUT2D eigenvalue weighted by Gasteiger charge is 2.44. The Labute approximate surface area is 176 Å². The molecule has 5 rings (SSSR count). The van der Waals surface area contributed by atoms with Crippen LogP contribution in [-0.2, 0) is 6.18 Å². The van der Waals surface area contributed by atoms with E-state index in [0.717, 1.165) is 29.2 Å². The Balaban J connectivity index is 1.60. The van der Waals surface area contributed by atoms with Gasteiger partial charge in [-0.25, -0.2) is 0 Å². The Hall–Kier alpha value is -2.74. The summed E-state index contributed by atoms with van der Waals surface area (Å²) >= 11 is 1.73. The molecule has 0 radical (unpaired) electrons. The first-order valence-electron chi connectivity index (χ1n) is 9.69. The van der Waals surface area contributed by atoms with Gasteiger partial charge in [-0.15, -0.1) is 0 Å². The Kier molecular flexibility index (Phi) is 4.61. The van der Waals surface area contributed by atoms with Crippen LogP contribution in [0.5, 0.6) is 0 Å². The van der Waals surface area contributed by atoms with Gasteiger partial charge in [0.05, 0.1) is 17.3 Å². The van der Waals surface area contributed by atoms with Crippen LogP contribution in [0, 0.1) is 0 Å². The average Bonchev–Trinajstić information content (AvgIpc) is 3.42. The number of thioether (sulfide) groups is 1. The van der Waals surface area contributed by atoms with Gasteiger partial charge in [0.25, 0.3) is 0 Å². The molecule has 8 heteroatoms. The second kappa shape index (κ2) is 7.19. The number of fused-ring (bicyclic) bond motifs is 1. The summed E-state index contributed by atoms with van der Waals surface area (Å²) < 4.78 is 41.6. The molecule has 30 heavy (non-hydrogen) atoms. The maximum Gasteiger partial charge on any atom is 0.416 e. The number of benzene rings is 1. The van der Waals surface area contributed by atoms with Crippen LogP contribution in [0.15, 0.2) is 72.0 Å². The molecule has 0 spiro atoms. The quantitative estimate of drug-likeness (QED) is 0.554. The van der Waals surface area contributed by atoms with Crippen molar-refractivity contribution in [3.63, 3.8) is 0 Å². The van der Waals surface area contributed by atoms with Gasteiger partial charge in [0.1, 0.15) is 6.04 Å². The van der Waals surface area contributed by atoms with Gasteiger partial charge in [-0.05, 0) is 42.5 Å². The monoisotopic (exact) mass is 428 g/mol. The van der Waals surface area contributed by atoms with Crippen molar-refractivity contribution in [3.05, 3.63) is 83.9 Å². The van der Waals surface area contributed by atoms with Crippen LogP contribution in [0.2, 0.25) is 0 Å². The third-order valence-electron chi connectivity index (χ3n) is 5.42. The van der Waals surface area contributed by atoms with E-state index in [1.165, 1.54) is 12.1 Å². The highest BCUT2D eigenvalue weighted by atomic mass is 32.2. The third kappa shape index (κ3) is 3.29. The van der Waals surface area contributed by atoms with Gasteiger partial charge >= 0.3 is 6.18 Å². The highest BCUT2D eigenvalue weighted by molar-refractivity contribution is 8.14. The third-order valence-corrected chi connectivity index (χ3v) is 6.52. The Bertz CT molecular complexity index is 1090. The Morgan fingerprint density at radius 2 is 1.93 bits per heavy atom. The first-order chi connectivity index (χ1) is 14.4. The van der Waals surface area contributed by atoms with Crippen LogP contribution in [0.3, 0.4) is 0 Å². The highest BCUT2D eigenvalue weighted by Crippen LogP contribution is 2.48. The van der Waals surface area contributed by atoms with Gasteiger partial charge in [-0.1, -0.05) is 30.8 Å². The molecule has 4 nitrogen and oxygen atoms in total. The number of rotatable bonds is 3. The van der Waals surface area contributed by atoms with E-state index < -0.39 is 11.7 Å². The molecule has 2 aliphatic rings. The molecule has 0 unspecified atom stereocenters. The largest absolute Gasteiger partial charge is 0.416 e. The minimum Gasteiger partial charge on any atom is -0.339 e. The number of hydrogen-bond acceptors (Lipinski definition) is 4. The average molecular weight is 428 g/mol. The molecule has 3 atom stereocenters. The fourth-order valence-corrected chi connectivity index (χ4v) is 5.23. The van der Waals surface area contributed by atoms with Crippen molar-refractivity contribution in [2.75, 3.05) is 6.54 Å². The van der Waals surface area contributed by atoms with Crippen LogP contribution in [0.4, 0.5) is 13.2 Å². The molecule has 2 aromatic heterocycles. The number of pyridine rings is 1. The van der Waals surface area contributed by atoms with Gasteiger partial charge in [0.15, 0.2) is 5.17 Å². The van der Waals surface area contributed by atoms with Gasteiger partial charge in [-0.2, -0.15) is 13.2 Å². The first-order valence-corrected chi connectivity index (χ1v) is 10.6. The predicted octanol–water partition coefficient (Wildman–Crippen LogP) is 5.48. The maximum atomic E-state index is 13.3. The van der Waals surface area contributed by atoms with Crippen molar-refractivity contribution in [1.82, 2.24) is 14.5 Å². The number of alkyl halides is 3. The molecule has 1 saturated heterocycles. The van der Waals surface area contributed by atoms with Crippen molar-refractivity contribution in [3.8, 4) is 5.69 Å². The molecule has 2 aliphatic heterocycles. The molecule has 4 heterocycles. The summed E-state index contributed by atoms with van der Waals surface area (Å²) in [5.41, 5.74) is 1.58. The lowest BCUT2D eigenvalue weighted by atomic mass is 10.0. The van der Waals surface area contributed by atoms with Crippen molar-refractivity contribution in [2.24, 2.45) is 4.99 Å². The van der Waals surface area contributed by atoms with E-state index in [9.17, 15) is 13.2 Å². The van der Waals surface area contributed by atoms with E-state index in [0.29, 0.717) is 10.9 Å². The summed E-state index contributed by atoms with van der Waals surface area (Å²) in [4.78, 5) is 11.7. The molecular weight excluding hydrogens is 409 g/mol. The van der Waals surface area contributed by atoms with E-state index in [4.69, 9.17) is 4.99 Å². The smallest absolute Gasteiger partial charge is 0.339 e. The number of amidine groups is 1. The van der Waals surface area contributed by atoms with Crippen molar-refractivity contribution in [1.29, 1.82) is 0 Å². The molecule has 1 aromatic carbocycles. The molecule has 0 bridgehead atoms. The normalized spacial score (nSPS) is 23.5. The molecule has 3 aromatic rings. The fourth-order valence-electron chi connectivity index (χ4n) is 4.14. The van der Waals surface area contributed by atoms with Crippen molar-refractivity contribution in [2.45, 2.75) is 30.4 Å². The topological polar surface area (TPSA) is 33.4 Å². The summed E-state index contributed by atoms with van der Waals surface area (Å²) in [6, 6.07) is 14.7. The lowest BCUT2D eigenvalue weighted by molar-refractivity contribution is -0.137. The van der Waals surface area contributed by atoms with E-state index in [2.05, 4.69) is 16.8 Å². The van der Waals surface area contributed by atoms with Crippen LogP contribution in [-0.4, -0.2) is 31.4 Å². The standard InChI is InChI=1S/C22H19F3N4S/c1-14-13-29-20(19(27-21(29)30-14)17-8-2-3-10-26-17)18-9-5-11-28(18)16-7-4-6-15(12-16)22(23,24)25/h2-12,14,19-20H,13H2,1H3/t14-,19+,20-/m0/s1. The van der Waals surface area contributed by atoms with E-state index in [-0.39, 0.29) is 12.1 Å². The lowest BCUT2D eigenvalue weighted by Crippen LogP contribution is -2.30. The zero-order chi connectivity index (χ0) is 20.9. The summed E-state index contributed by atoms with van der Waals surface area (Å²) in [5, 5.41) is 1.38. The van der Waals surface area contributed by atoms with E-state index >= 15 is 0 Å².